The molecule has 0 aliphatic heterocycles. The molecule has 3 heterocycles. The molecular formula is C72H50N2OSi2. The molecule has 0 amide bonds. The van der Waals surface area contributed by atoms with E-state index in [2.05, 4.69) is 312 Å². The van der Waals surface area contributed by atoms with Crippen molar-refractivity contribution in [1.29, 1.82) is 0 Å². The molecule has 0 bridgehead atoms. The fourth-order valence-corrected chi connectivity index (χ4v) is 23.0. The van der Waals surface area contributed by atoms with Gasteiger partial charge >= 0.3 is 0 Å². The summed E-state index contributed by atoms with van der Waals surface area (Å²) in [6.07, 6.45) is 0. The zero-order valence-corrected chi connectivity index (χ0v) is 44.2. The molecule has 0 N–H and O–H groups in total. The zero-order valence-electron chi connectivity index (χ0n) is 42.2. The lowest BCUT2D eigenvalue weighted by atomic mass is 10.1. The van der Waals surface area contributed by atoms with Crippen molar-refractivity contribution in [2.24, 2.45) is 0 Å². The van der Waals surface area contributed by atoms with Crippen LogP contribution in [0, 0.1) is 0 Å². The normalized spacial score (nSPS) is 12.2. The van der Waals surface area contributed by atoms with Crippen LogP contribution in [0.3, 0.4) is 0 Å². The number of nitrogens with zero attached hydrogens (tertiary/aromatic N) is 2. The van der Waals surface area contributed by atoms with Crippen LogP contribution < -0.4 is 41.5 Å². The van der Waals surface area contributed by atoms with Crippen LogP contribution in [0.4, 0.5) is 0 Å². The summed E-state index contributed by atoms with van der Waals surface area (Å²) in [7, 11) is -5.98. The first kappa shape index (κ1) is 44.9. The zero-order chi connectivity index (χ0) is 50.9. The third kappa shape index (κ3) is 6.74. The van der Waals surface area contributed by atoms with E-state index in [1.54, 1.807) is 0 Å². The first-order valence-electron chi connectivity index (χ1n) is 26.6. The second-order valence-electron chi connectivity index (χ2n) is 20.3. The molecule has 0 saturated carbocycles. The van der Waals surface area contributed by atoms with E-state index in [0.29, 0.717) is 0 Å². The SMILES string of the molecule is c1ccc([Si](c2ccccc2)(c2ccccc2)c2cccc(-n3c4ccccc4c4c3ccc3c5ccccc5n(-c5cccc([Si](c6ccccc6)(c6ccccc6)c6cccc7c6oc6ccccc67)c5)c34)c2)cc1. The third-order valence-corrected chi connectivity index (χ3v) is 25.9. The Bertz CT molecular complexity index is 4540. The number of hydrogen-bond acceptors (Lipinski definition) is 1. The standard InChI is InChI=1S/C72H50N2OSi2/c1-6-27-53(28-7-1)76(54-29-8-2-9-30-54,55-31-10-3-11-32-55)58-37-22-25-51(49-58)73-66-44-20-17-41-64(66)70-67(73)48-47-62-60-39-16-19-43-65(60)74(71(62)70)52-26-23-38-59(50-52)77(56-33-12-4-13-34-56,57-35-14-5-15-36-57)69-46-24-42-63-61-40-18-21-45-68(61)75-72(63)69/h1-50H. The van der Waals surface area contributed by atoms with Gasteiger partial charge in [-0.3, -0.25) is 0 Å². The van der Waals surface area contributed by atoms with E-state index in [9.17, 15) is 0 Å². The quantitative estimate of drug-likeness (QED) is 0.0989. The van der Waals surface area contributed by atoms with E-state index >= 15 is 0 Å². The second-order valence-corrected chi connectivity index (χ2v) is 27.9. The highest BCUT2D eigenvalue weighted by atomic mass is 28.3. The molecule has 0 saturated heterocycles. The van der Waals surface area contributed by atoms with Gasteiger partial charge in [-0.2, -0.15) is 0 Å². The van der Waals surface area contributed by atoms with Crippen molar-refractivity contribution < 1.29 is 4.42 Å². The van der Waals surface area contributed by atoms with E-state index in [4.69, 9.17) is 4.42 Å². The van der Waals surface area contributed by atoms with Crippen molar-refractivity contribution in [2.75, 3.05) is 0 Å². The largest absolute Gasteiger partial charge is 0.456 e. The number of benzene rings is 12. The fourth-order valence-electron chi connectivity index (χ4n) is 13.3. The van der Waals surface area contributed by atoms with E-state index < -0.39 is 16.1 Å². The average molecular weight is 1020 g/mol. The van der Waals surface area contributed by atoms with Gasteiger partial charge in [0.25, 0.3) is 0 Å². The molecule has 0 radical (unpaired) electrons. The van der Waals surface area contributed by atoms with Crippen LogP contribution in [0.5, 0.6) is 0 Å². The number of fused-ring (bicyclic) bond motifs is 10. The molecule has 12 aromatic carbocycles. The maximum Gasteiger partial charge on any atom is 0.184 e. The number of furan rings is 1. The van der Waals surface area contributed by atoms with Crippen molar-refractivity contribution in [3.05, 3.63) is 303 Å². The van der Waals surface area contributed by atoms with Crippen LogP contribution in [0.25, 0.3) is 76.9 Å². The van der Waals surface area contributed by atoms with Gasteiger partial charge in [0.2, 0.25) is 0 Å². The Balaban J connectivity index is 1.01. The number of para-hydroxylation sites is 4. The van der Waals surface area contributed by atoms with Gasteiger partial charge in [-0.25, -0.2) is 0 Å². The summed E-state index contributed by atoms with van der Waals surface area (Å²) in [5.74, 6) is 0. The lowest BCUT2D eigenvalue weighted by Crippen LogP contribution is -2.74. The highest BCUT2D eigenvalue weighted by Gasteiger charge is 2.45. The van der Waals surface area contributed by atoms with Crippen molar-refractivity contribution in [1.82, 2.24) is 9.13 Å². The molecule has 15 rings (SSSR count). The maximum atomic E-state index is 7.02. The molecule has 0 unspecified atom stereocenters. The average Bonchev–Trinajstić information content (AvgIpc) is 4.27. The Morgan fingerprint density at radius 3 is 1.25 bits per heavy atom. The van der Waals surface area contributed by atoms with Gasteiger partial charge in [0.05, 0.1) is 22.1 Å². The molecule has 3 nitrogen and oxygen atoms in total. The topological polar surface area (TPSA) is 23.0 Å². The number of rotatable bonds is 10. The molecule has 0 fully saturated rings. The summed E-state index contributed by atoms with van der Waals surface area (Å²) in [4.78, 5) is 0. The van der Waals surface area contributed by atoms with Gasteiger partial charge in [-0.05, 0) is 90.0 Å². The first-order chi connectivity index (χ1) is 38.2. The van der Waals surface area contributed by atoms with Crippen LogP contribution in [0.1, 0.15) is 0 Å². The van der Waals surface area contributed by atoms with Crippen molar-refractivity contribution >= 4 is 123 Å². The molecule has 5 heteroatoms. The van der Waals surface area contributed by atoms with Gasteiger partial charge in [-0.15, -0.1) is 0 Å². The lowest BCUT2D eigenvalue weighted by molar-refractivity contribution is 0.671. The monoisotopic (exact) mass is 1010 g/mol. The first-order valence-corrected chi connectivity index (χ1v) is 30.6. The Hall–Kier alpha value is -9.53. The Morgan fingerprint density at radius 1 is 0.260 bits per heavy atom. The Kier molecular flexibility index (Phi) is 10.6. The Labute approximate surface area is 448 Å². The molecule has 0 aliphatic rings. The van der Waals surface area contributed by atoms with Crippen LogP contribution in [0.15, 0.2) is 308 Å². The van der Waals surface area contributed by atoms with Gasteiger partial charge < -0.3 is 13.6 Å². The van der Waals surface area contributed by atoms with E-state index in [1.807, 2.05) is 0 Å². The van der Waals surface area contributed by atoms with Gasteiger partial charge in [0, 0.05) is 43.7 Å². The molecule has 15 aromatic rings. The third-order valence-electron chi connectivity index (χ3n) is 16.4. The predicted octanol–water partition coefficient (Wildman–Crippen LogP) is 12.5. The summed E-state index contributed by atoms with van der Waals surface area (Å²) in [5.41, 5.74) is 8.80. The molecule has 0 spiro atoms. The molecule has 0 aliphatic carbocycles. The summed E-state index contributed by atoms with van der Waals surface area (Å²) in [6, 6.07) is 113. The van der Waals surface area contributed by atoms with Crippen LogP contribution >= 0.6 is 0 Å². The lowest BCUT2D eigenvalue weighted by Gasteiger charge is -2.34. The summed E-state index contributed by atoms with van der Waals surface area (Å²) >= 11 is 0. The minimum Gasteiger partial charge on any atom is -0.456 e. The highest BCUT2D eigenvalue weighted by molar-refractivity contribution is 7.21. The van der Waals surface area contributed by atoms with E-state index in [1.165, 1.54) is 79.6 Å². The van der Waals surface area contributed by atoms with E-state index in [-0.39, 0.29) is 0 Å². The predicted molar refractivity (Wildman–Crippen MR) is 330 cm³/mol. The molecule has 3 aromatic heterocycles. The number of aromatic nitrogens is 2. The smallest absolute Gasteiger partial charge is 0.184 e. The molecule has 362 valence electrons. The highest BCUT2D eigenvalue weighted by Crippen LogP contribution is 2.42. The second kappa shape index (κ2) is 18.1. The van der Waals surface area contributed by atoms with Crippen LogP contribution in [0.2, 0.25) is 0 Å². The number of hydrogen-bond donors (Lipinski definition) is 0. The fraction of sp³-hybridized carbons (Fsp3) is 0. The van der Waals surface area contributed by atoms with Crippen LogP contribution in [-0.2, 0) is 0 Å². The van der Waals surface area contributed by atoms with Gasteiger partial charge in [-0.1, -0.05) is 255 Å². The minimum absolute atomic E-state index is 0.901. The van der Waals surface area contributed by atoms with Crippen molar-refractivity contribution in [3.8, 4) is 11.4 Å². The maximum absolute atomic E-state index is 7.02. The van der Waals surface area contributed by atoms with Crippen molar-refractivity contribution in [2.45, 2.75) is 0 Å². The summed E-state index contributed by atoms with van der Waals surface area (Å²) in [6.45, 7) is 0. The summed E-state index contributed by atoms with van der Waals surface area (Å²) in [5, 5.41) is 17.6. The Morgan fingerprint density at radius 2 is 0.675 bits per heavy atom. The molecular weight excluding hydrogens is 965 g/mol. The molecule has 77 heavy (non-hydrogen) atoms. The molecule has 0 atom stereocenters. The minimum atomic E-state index is -3.15. The van der Waals surface area contributed by atoms with E-state index in [0.717, 1.165) is 38.8 Å². The van der Waals surface area contributed by atoms with Gasteiger partial charge in [0.15, 0.2) is 16.1 Å². The van der Waals surface area contributed by atoms with Crippen LogP contribution in [-0.4, -0.2) is 25.3 Å². The summed E-state index contributed by atoms with van der Waals surface area (Å²) < 4.78 is 12.1. The van der Waals surface area contributed by atoms with Gasteiger partial charge in [0.1, 0.15) is 11.2 Å². The van der Waals surface area contributed by atoms with Crippen molar-refractivity contribution in [3.63, 3.8) is 0 Å².